The summed E-state index contributed by atoms with van der Waals surface area (Å²) in [6, 6.07) is 9.48. The van der Waals surface area contributed by atoms with Crippen LogP contribution in [0.4, 0.5) is 11.5 Å². The number of carboxylic acids is 1. The molecule has 0 bridgehead atoms. The number of hydrogen-bond acceptors (Lipinski definition) is 16. The van der Waals surface area contributed by atoms with Crippen LogP contribution in [0.1, 0.15) is 50.6 Å². The van der Waals surface area contributed by atoms with E-state index in [1.165, 1.54) is 24.3 Å². The Morgan fingerprint density at radius 2 is 1.75 bits per heavy atom. The van der Waals surface area contributed by atoms with E-state index in [2.05, 4.69) is 34.1 Å². The number of phosphoric ester groups is 1. The number of carboxylic acid groups (broad SMARTS) is 1. The van der Waals surface area contributed by atoms with Crippen molar-refractivity contribution in [2.75, 3.05) is 38.3 Å². The normalized spacial score (nSPS) is 22.8. The van der Waals surface area contributed by atoms with E-state index in [1.807, 2.05) is 31.2 Å². The number of nitrogen functional groups attached to an aromatic ring is 1. The van der Waals surface area contributed by atoms with Crippen LogP contribution >= 0.6 is 23.5 Å². The number of aliphatic hydroxyl groups excluding tert-OH is 2. The summed E-state index contributed by atoms with van der Waals surface area (Å²) in [7, 11) is -13.7. The van der Waals surface area contributed by atoms with E-state index in [-0.39, 0.29) is 35.1 Å². The largest absolute Gasteiger partial charge is 0.490 e. The minimum atomic E-state index is -5.85. The van der Waals surface area contributed by atoms with Crippen molar-refractivity contribution in [3.63, 3.8) is 0 Å². The molecule has 1 amide bonds. The van der Waals surface area contributed by atoms with Crippen molar-refractivity contribution in [1.29, 1.82) is 0 Å². The predicted molar refractivity (Wildman–Crippen MR) is 220 cm³/mol. The Morgan fingerprint density at radius 1 is 1.03 bits per heavy atom. The lowest BCUT2D eigenvalue weighted by atomic mass is 9.83. The highest BCUT2D eigenvalue weighted by molar-refractivity contribution is 7.66. The zero-order valence-corrected chi connectivity index (χ0v) is 35.7. The fourth-order valence-electron chi connectivity index (χ4n) is 6.73. The van der Waals surface area contributed by atoms with E-state index < -0.39 is 72.2 Å². The lowest BCUT2D eigenvalue weighted by Gasteiger charge is -2.30. The number of phosphoric acid groups is 3. The number of benzene rings is 2. The van der Waals surface area contributed by atoms with Gasteiger partial charge in [-0.25, -0.2) is 28.6 Å². The topological polar surface area (TPSA) is 372 Å². The smallest absolute Gasteiger partial charge is 0.478 e. The van der Waals surface area contributed by atoms with Crippen LogP contribution in [0.15, 0.2) is 82.5 Å². The molecule has 7 unspecified atom stereocenters. The zero-order chi connectivity index (χ0) is 46.2. The van der Waals surface area contributed by atoms with E-state index in [0.717, 1.165) is 22.0 Å². The summed E-state index contributed by atoms with van der Waals surface area (Å²) >= 11 is 0. The van der Waals surface area contributed by atoms with E-state index in [1.54, 1.807) is 26.2 Å². The Kier molecular flexibility index (Phi) is 13.9. The van der Waals surface area contributed by atoms with Crippen molar-refractivity contribution in [2.45, 2.75) is 37.5 Å². The Bertz CT molecular complexity index is 2680. The molecule has 0 spiro atoms. The van der Waals surface area contributed by atoms with E-state index >= 15 is 0 Å². The number of aliphatic hydroxyl groups is 2. The molecule has 337 valence electrons. The molecule has 3 heterocycles. The number of anilines is 2. The van der Waals surface area contributed by atoms with Crippen molar-refractivity contribution < 1.29 is 80.8 Å². The number of carbonyl (C=O) groups is 2. The molecule has 2 aliphatic heterocycles. The van der Waals surface area contributed by atoms with Gasteiger partial charge in [-0.15, -0.1) is 0 Å². The van der Waals surface area contributed by atoms with Gasteiger partial charge in [0, 0.05) is 66.4 Å². The molecular weight excluding hydrogens is 897 g/mol. The maximum atomic E-state index is 13.3. The maximum absolute atomic E-state index is 13.3. The maximum Gasteiger partial charge on any atom is 0.490 e. The molecule has 7 atom stereocenters. The van der Waals surface area contributed by atoms with Crippen molar-refractivity contribution in [2.24, 2.45) is 0 Å². The molecule has 0 saturated carbocycles. The van der Waals surface area contributed by atoms with E-state index in [0.29, 0.717) is 33.8 Å². The zero-order valence-electron chi connectivity index (χ0n) is 33.0. The predicted octanol–water partition coefficient (Wildman–Crippen LogP) is 1.61. The van der Waals surface area contributed by atoms with Gasteiger partial charge in [0.05, 0.1) is 18.2 Å². The van der Waals surface area contributed by atoms with Crippen LogP contribution in [-0.4, -0.2) is 108 Å². The number of rotatable bonds is 16. The number of aromatic nitrogens is 2. The van der Waals surface area contributed by atoms with Crippen molar-refractivity contribution in [3.05, 3.63) is 116 Å². The lowest BCUT2D eigenvalue weighted by molar-refractivity contribution is -0.0541. The van der Waals surface area contributed by atoms with E-state index in [9.17, 15) is 53.2 Å². The Morgan fingerprint density at radius 3 is 2.41 bits per heavy atom. The molecule has 1 aromatic heterocycles. The fraction of sp³-hybridized carbons (Fsp3) is 0.278. The van der Waals surface area contributed by atoms with Crippen LogP contribution < -0.4 is 32.1 Å². The summed E-state index contributed by atoms with van der Waals surface area (Å²) in [5.74, 6) is -1.24. The van der Waals surface area contributed by atoms with Crippen molar-refractivity contribution >= 4 is 58.5 Å². The number of nitrogens with zero attached hydrogens (tertiary/aromatic N) is 3. The number of nitrogens with one attached hydrogen (secondary N) is 2. The van der Waals surface area contributed by atoms with Gasteiger partial charge in [-0.3, -0.25) is 13.9 Å². The van der Waals surface area contributed by atoms with Crippen LogP contribution in [0, 0.1) is 0 Å². The number of likely N-dealkylation sites (N-methyl/N-ethyl adjacent to an activating group) is 1. The number of hydrogen-bond donors (Lipinski definition) is 10. The van der Waals surface area contributed by atoms with Gasteiger partial charge in [-0.1, -0.05) is 23.8 Å². The van der Waals surface area contributed by atoms with Gasteiger partial charge < -0.3 is 60.7 Å². The monoisotopic (exact) mass is 937 g/mol. The molecule has 2 aromatic carbocycles. The van der Waals surface area contributed by atoms with Crippen LogP contribution in [0.5, 0.6) is 5.75 Å². The molecule has 1 fully saturated rings. The molecule has 3 aliphatic rings. The molecular formula is C36H40N6O18P3. The highest BCUT2D eigenvalue weighted by Gasteiger charge is 2.47. The van der Waals surface area contributed by atoms with Gasteiger partial charge in [0.25, 0.3) is 5.91 Å². The van der Waals surface area contributed by atoms with E-state index in [4.69, 9.17) is 25.0 Å². The molecule has 3 aromatic rings. The average Bonchev–Trinajstić information content (AvgIpc) is 3.48. The Labute approximate surface area is 356 Å². The fourth-order valence-corrected chi connectivity index (χ4v) is 9.76. The molecule has 6 rings (SSSR count). The first-order chi connectivity index (χ1) is 29.5. The molecule has 1 aliphatic carbocycles. The second-order valence-electron chi connectivity index (χ2n) is 13.9. The quantitative estimate of drug-likeness (QED) is 0.0912. The molecule has 24 nitrogen and oxygen atoms in total. The first-order valence-corrected chi connectivity index (χ1v) is 22.8. The van der Waals surface area contributed by atoms with Gasteiger partial charge in [-0.05, 0) is 48.9 Å². The highest BCUT2D eigenvalue weighted by Crippen LogP contribution is 2.66. The first kappa shape index (κ1) is 47.4. The highest BCUT2D eigenvalue weighted by atomic mass is 31.3. The number of ether oxygens (including phenoxy) is 2. The minimum Gasteiger partial charge on any atom is -0.478 e. The Balaban J connectivity index is 1.16. The van der Waals surface area contributed by atoms with Crippen LogP contribution in [0.2, 0.25) is 0 Å². The summed E-state index contributed by atoms with van der Waals surface area (Å²) < 4.78 is 58.7. The Hall–Kier alpha value is -5.13. The molecule has 1 radical (unpaired) electrons. The molecule has 1 saturated heterocycles. The van der Waals surface area contributed by atoms with Crippen LogP contribution in [-0.2, 0) is 31.6 Å². The summed E-state index contributed by atoms with van der Waals surface area (Å²) in [5, 5.41) is 41.7. The molecule has 27 heteroatoms. The summed E-state index contributed by atoms with van der Waals surface area (Å²) in [6.45, 7) is 0.622. The third-order valence-corrected chi connectivity index (χ3v) is 13.4. The second-order valence-corrected chi connectivity index (χ2v) is 18.3. The van der Waals surface area contributed by atoms with Gasteiger partial charge in [0.15, 0.2) is 6.23 Å². The number of fused-ring (bicyclic) bond motifs is 2. The number of aromatic carboxylic acids is 1. The number of nitrogens with two attached hydrogens (primary N) is 1. The number of allylic oxidation sites excluding steroid dienone is 1. The molecule has 11 N–H and O–H groups in total. The van der Waals surface area contributed by atoms with Gasteiger partial charge in [0.2, 0.25) is 0 Å². The SMILES string of the molecule is C[N]C1C=C2Oc3cc(NC)ccc3C(c3ccc(C(=O)NCC=Cc4cn(C5OC(COP(=O)(O)OP(=O)(O)OP(=O)(O)O)C(O)C5O)c(=O)nc4N)cc3C(=O)O)=C2C=C1C. The standard InChI is InChI=1S/C36H40N6O18P3/c1-17-11-24-27(14-25(17)39-3)57-26-13-20(38-2)7-9-22(26)29(24)21-8-6-18(12-23(21)35(46)47)33(45)40-10-4-5-19-15-42(36(48)41-32(19)37)34-31(44)30(43)28(58-34)16-56-62(52,53)60-63(54,55)59-61(49,50)51/h4-9,11-15,25,28,30-31,34,38,43-44H,10,16H2,1-3H3,(H,40,45)(H,46,47)(H,52,53)(H,54,55)(H2,37,41,48)(H2,49,50,51). The third-order valence-electron chi connectivity index (χ3n) is 9.62. The first-order valence-electron chi connectivity index (χ1n) is 18.3. The summed E-state index contributed by atoms with van der Waals surface area (Å²) in [4.78, 5) is 79.0. The third kappa shape index (κ3) is 10.8. The molecule has 63 heavy (non-hydrogen) atoms. The summed E-state index contributed by atoms with van der Waals surface area (Å²) in [5.41, 5.74) is 8.66. The number of carbonyl (C=O) groups excluding carboxylic acids is 1. The average molecular weight is 938 g/mol. The van der Waals surface area contributed by atoms with Gasteiger partial charge >= 0.3 is 35.1 Å². The van der Waals surface area contributed by atoms with Gasteiger partial charge in [-0.2, -0.15) is 13.6 Å². The second kappa shape index (κ2) is 18.5. The van der Waals surface area contributed by atoms with Crippen LogP contribution in [0.3, 0.4) is 0 Å². The minimum absolute atomic E-state index is 0.0205. The number of amides is 1. The van der Waals surface area contributed by atoms with Crippen molar-refractivity contribution in [3.8, 4) is 5.75 Å². The summed E-state index contributed by atoms with van der Waals surface area (Å²) in [6.07, 6.45) is 0.348. The van der Waals surface area contributed by atoms with Crippen LogP contribution in [0.25, 0.3) is 11.6 Å². The van der Waals surface area contributed by atoms with Gasteiger partial charge in [0.1, 0.15) is 35.6 Å². The lowest BCUT2D eigenvalue weighted by Crippen LogP contribution is -2.36. The van der Waals surface area contributed by atoms with Crippen molar-refractivity contribution in [1.82, 2.24) is 20.2 Å².